The third kappa shape index (κ3) is 3.12. The summed E-state index contributed by atoms with van der Waals surface area (Å²) < 4.78 is 5.55. The van der Waals surface area contributed by atoms with Gasteiger partial charge in [0.2, 0.25) is 0 Å². The first kappa shape index (κ1) is 20.6. The Bertz CT molecular complexity index is 941. The maximum absolute atomic E-state index is 13.1. The van der Waals surface area contributed by atoms with Crippen molar-refractivity contribution in [2.45, 2.75) is 44.1 Å². The van der Waals surface area contributed by atoms with E-state index in [0.29, 0.717) is 37.3 Å². The van der Waals surface area contributed by atoms with Crippen LogP contribution in [0.25, 0.3) is 0 Å². The first-order chi connectivity index (χ1) is 14.3. The van der Waals surface area contributed by atoms with Gasteiger partial charge in [-0.1, -0.05) is 0 Å². The molecule has 9 nitrogen and oxygen atoms in total. The number of rotatable bonds is 2. The van der Waals surface area contributed by atoms with Crippen molar-refractivity contribution >= 4 is 17.8 Å². The molecule has 0 unspecified atom stereocenters. The molecular weight excluding hydrogens is 388 g/mol. The van der Waals surface area contributed by atoms with Crippen molar-refractivity contribution < 1.29 is 18.8 Å². The van der Waals surface area contributed by atoms with Gasteiger partial charge in [-0.2, -0.15) is 0 Å². The number of carbonyl (C=O) groups is 3. The molecule has 0 aliphatic carbocycles. The van der Waals surface area contributed by atoms with Crippen LogP contribution in [0.15, 0.2) is 15.3 Å². The lowest BCUT2D eigenvalue weighted by Crippen LogP contribution is -2.56. The lowest BCUT2D eigenvalue weighted by molar-refractivity contribution is -0.134. The first-order valence-electron chi connectivity index (χ1n) is 10.5. The van der Waals surface area contributed by atoms with Crippen LogP contribution in [-0.2, 0) is 4.79 Å². The second-order valence-electron chi connectivity index (χ2n) is 8.55. The molecule has 162 valence electrons. The van der Waals surface area contributed by atoms with Crippen LogP contribution in [0.2, 0.25) is 0 Å². The van der Waals surface area contributed by atoms with Gasteiger partial charge in [0.25, 0.3) is 11.8 Å². The molecule has 0 bridgehead atoms. The largest absolute Gasteiger partial charge is 0.427 e. The molecule has 1 aromatic heterocycles. The number of amides is 4. The summed E-state index contributed by atoms with van der Waals surface area (Å²) in [5.74, 6) is 0.229. The standard InChI is InChI=1S/C21H28N4O5/c1-13-12-15(14-4-8-22-9-5-14)30-18(27)16(13)17(26)25-10-6-21(7-11-25)19(28)23(2)20(29)24(21)3/h12,14,22H,4-11H2,1-3H3. The molecule has 1 N–H and O–H groups in total. The number of nitrogens with one attached hydrogen (secondary N) is 1. The summed E-state index contributed by atoms with van der Waals surface area (Å²) in [6.45, 7) is 4.13. The highest BCUT2D eigenvalue weighted by Gasteiger charge is 2.55. The predicted octanol–water partition coefficient (Wildman–Crippen LogP) is 0.914. The minimum absolute atomic E-state index is 0.0583. The van der Waals surface area contributed by atoms with E-state index in [2.05, 4.69) is 5.32 Å². The van der Waals surface area contributed by atoms with E-state index in [1.807, 2.05) is 6.07 Å². The number of hydrogen-bond donors (Lipinski definition) is 1. The van der Waals surface area contributed by atoms with E-state index in [4.69, 9.17) is 4.42 Å². The van der Waals surface area contributed by atoms with Gasteiger partial charge in [-0.05, 0) is 57.3 Å². The van der Waals surface area contributed by atoms with E-state index in [1.54, 1.807) is 18.9 Å². The molecule has 9 heteroatoms. The molecule has 3 aliphatic heterocycles. The number of carbonyl (C=O) groups excluding carboxylic acids is 3. The molecule has 1 aromatic rings. The molecule has 0 aromatic carbocycles. The second-order valence-corrected chi connectivity index (χ2v) is 8.55. The van der Waals surface area contributed by atoms with Crippen LogP contribution < -0.4 is 10.9 Å². The Labute approximate surface area is 175 Å². The zero-order valence-electron chi connectivity index (χ0n) is 17.7. The number of urea groups is 1. The number of piperidine rings is 2. The summed E-state index contributed by atoms with van der Waals surface area (Å²) in [4.78, 5) is 54.8. The highest BCUT2D eigenvalue weighted by atomic mass is 16.4. The van der Waals surface area contributed by atoms with Crippen LogP contribution in [-0.4, -0.2) is 78.4 Å². The maximum Gasteiger partial charge on any atom is 0.349 e. The van der Waals surface area contributed by atoms with Gasteiger partial charge in [0.15, 0.2) is 0 Å². The van der Waals surface area contributed by atoms with E-state index < -0.39 is 11.2 Å². The van der Waals surface area contributed by atoms with Crippen LogP contribution in [0.4, 0.5) is 4.79 Å². The summed E-state index contributed by atoms with van der Waals surface area (Å²) in [5, 5.41) is 3.29. The SMILES string of the molecule is Cc1cc(C2CCNCC2)oc(=O)c1C(=O)N1CCC2(CC1)C(=O)N(C)C(=O)N2C. The molecule has 0 saturated carbocycles. The zero-order valence-corrected chi connectivity index (χ0v) is 17.7. The van der Waals surface area contributed by atoms with Gasteiger partial charge in [0.05, 0.1) is 0 Å². The average molecular weight is 416 g/mol. The van der Waals surface area contributed by atoms with Crippen molar-refractivity contribution in [1.82, 2.24) is 20.0 Å². The second kappa shape index (κ2) is 7.54. The Morgan fingerprint density at radius 2 is 1.77 bits per heavy atom. The average Bonchev–Trinajstić information content (AvgIpc) is 2.90. The third-order valence-electron chi connectivity index (χ3n) is 6.92. The van der Waals surface area contributed by atoms with E-state index in [-0.39, 0.29) is 29.3 Å². The van der Waals surface area contributed by atoms with Crippen LogP contribution in [0.5, 0.6) is 0 Å². The lowest BCUT2D eigenvalue weighted by atomic mass is 9.86. The monoisotopic (exact) mass is 416 g/mol. The van der Waals surface area contributed by atoms with Crippen LogP contribution in [0.1, 0.15) is 53.3 Å². The van der Waals surface area contributed by atoms with E-state index in [9.17, 15) is 19.2 Å². The molecule has 3 fully saturated rings. The van der Waals surface area contributed by atoms with Crippen molar-refractivity contribution in [2.75, 3.05) is 40.3 Å². The molecule has 4 heterocycles. The fourth-order valence-corrected chi connectivity index (χ4v) is 4.94. The lowest BCUT2D eigenvalue weighted by Gasteiger charge is -2.40. The van der Waals surface area contributed by atoms with Gasteiger partial charge < -0.3 is 19.5 Å². The number of imide groups is 1. The molecule has 0 atom stereocenters. The molecular formula is C21H28N4O5. The van der Waals surface area contributed by atoms with Crippen LogP contribution in [0, 0.1) is 6.92 Å². The number of likely N-dealkylation sites (tertiary alicyclic amines) is 1. The normalized spacial score (nSPS) is 22.3. The number of hydrogen-bond acceptors (Lipinski definition) is 6. The van der Waals surface area contributed by atoms with Crippen molar-refractivity contribution in [3.05, 3.63) is 33.4 Å². The number of aryl methyl sites for hydroxylation is 1. The molecule has 4 rings (SSSR count). The molecule has 30 heavy (non-hydrogen) atoms. The van der Waals surface area contributed by atoms with E-state index >= 15 is 0 Å². The Morgan fingerprint density at radius 1 is 1.13 bits per heavy atom. The van der Waals surface area contributed by atoms with E-state index in [1.165, 1.54) is 11.9 Å². The molecule has 3 saturated heterocycles. The smallest absolute Gasteiger partial charge is 0.349 e. The Kier molecular flexibility index (Phi) is 5.17. The predicted molar refractivity (Wildman–Crippen MR) is 108 cm³/mol. The quantitative estimate of drug-likeness (QED) is 0.719. The van der Waals surface area contributed by atoms with Crippen molar-refractivity contribution in [2.24, 2.45) is 0 Å². The molecule has 1 spiro atoms. The van der Waals surface area contributed by atoms with Gasteiger partial charge >= 0.3 is 11.7 Å². The van der Waals surface area contributed by atoms with Gasteiger partial charge in [-0.25, -0.2) is 9.59 Å². The van der Waals surface area contributed by atoms with Crippen LogP contribution >= 0.6 is 0 Å². The summed E-state index contributed by atoms with van der Waals surface area (Å²) in [6.07, 6.45) is 2.50. The van der Waals surface area contributed by atoms with Gasteiger partial charge in [-0.3, -0.25) is 14.5 Å². The van der Waals surface area contributed by atoms with Gasteiger partial charge in [0.1, 0.15) is 16.9 Å². The number of nitrogens with zero attached hydrogens (tertiary/aromatic N) is 3. The maximum atomic E-state index is 13.1. The van der Waals surface area contributed by atoms with Crippen molar-refractivity contribution in [3.8, 4) is 0 Å². The van der Waals surface area contributed by atoms with Crippen molar-refractivity contribution in [3.63, 3.8) is 0 Å². The minimum Gasteiger partial charge on any atom is -0.427 e. The van der Waals surface area contributed by atoms with Gasteiger partial charge in [-0.15, -0.1) is 0 Å². The minimum atomic E-state index is -0.902. The molecule has 3 aliphatic rings. The highest BCUT2D eigenvalue weighted by Crippen LogP contribution is 2.36. The topological polar surface area (TPSA) is 103 Å². The molecule has 0 radical (unpaired) electrons. The van der Waals surface area contributed by atoms with Crippen LogP contribution in [0.3, 0.4) is 0 Å². The first-order valence-corrected chi connectivity index (χ1v) is 10.5. The summed E-state index contributed by atoms with van der Waals surface area (Å²) in [6, 6.07) is 1.49. The Hall–Kier alpha value is -2.68. The number of likely N-dealkylation sites (N-methyl/N-ethyl adjacent to an activating group) is 2. The highest BCUT2D eigenvalue weighted by molar-refractivity contribution is 6.07. The zero-order chi connectivity index (χ0) is 21.6. The fraction of sp³-hybridized carbons (Fsp3) is 0.619. The Morgan fingerprint density at radius 3 is 2.30 bits per heavy atom. The van der Waals surface area contributed by atoms with Gasteiger partial charge in [0, 0.05) is 33.1 Å². The summed E-state index contributed by atoms with van der Waals surface area (Å²) in [7, 11) is 3.10. The summed E-state index contributed by atoms with van der Waals surface area (Å²) >= 11 is 0. The summed E-state index contributed by atoms with van der Waals surface area (Å²) in [5.41, 5.74) is -0.823. The third-order valence-corrected chi connectivity index (χ3v) is 6.92. The van der Waals surface area contributed by atoms with E-state index in [0.717, 1.165) is 30.8 Å². The Balaban J connectivity index is 1.52. The molecule has 4 amide bonds. The van der Waals surface area contributed by atoms with Crippen molar-refractivity contribution in [1.29, 1.82) is 0 Å². The fourth-order valence-electron chi connectivity index (χ4n) is 4.94.